The molecule has 93 valence electrons. The zero-order valence-corrected chi connectivity index (χ0v) is 11.3. The van der Waals surface area contributed by atoms with E-state index in [2.05, 4.69) is 19.2 Å². The van der Waals surface area contributed by atoms with E-state index < -0.39 is 0 Å². The van der Waals surface area contributed by atoms with Crippen LogP contribution < -0.4 is 5.32 Å². The Hall–Kier alpha value is -1.70. The molecule has 1 amide bonds. The number of carbonyl (C=O) groups excluding carboxylic acids is 1. The van der Waals surface area contributed by atoms with E-state index in [9.17, 15) is 4.79 Å². The number of hydrogen-bond donors (Lipinski definition) is 1. The molecule has 1 saturated heterocycles. The fourth-order valence-electron chi connectivity index (χ4n) is 1.13. The third kappa shape index (κ3) is 3.35. The van der Waals surface area contributed by atoms with Crippen molar-refractivity contribution in [2.24, 2.45) is 5.92 Å². The van der Waals surface area contributed by atoms with E-state index in [1.165, 1.54) is 0 Å². The first-order chi connectivity index (χ1) is 5.61. The maximum atomic E-state index is 11.2. The molecule has 1 atom stereocenters. The Kier molecular flexibility index (Phi) is 6.20. The summed E-state index contributed by atoms with van der Waals surface area (Å²) in [5.41, 5.74) is 0. The summed E-state index contributed by atoms with van der Waals surface area (Å²) in [7, 11) is 0. The Bertz CT molecular complexity index is 174. The van der Waals surface area contributed by atoms with Crippen LogP contribution in [-0.4, -0.2) is 25.2 Å². The van der Waals surface area contributed by atoms with Crippen LogP contribution in [0.5, 0.6) is 0 Å². The van der Waals surface area contributed by atoms with Gasteiger partial charge < -0.3 is 22.3 Å². The minimum Gasteiger partial charge on any atom is -0.405 e. The second kappa shape index (κ2) is 5.86. The molecule has 3 nitrogen and oxygen atoms in total. The molecular formula is C10H19LrNO2-2. The van der Waals surface area contributed by atoms with Gasteiger partial charge in [-0.1, -0.05) is 20.5 Å². The van der Waals surface area contributed by atoms with Crippen LogP contribution in [0, 0.1) is 19.3 Å². The third-order valence-corrected chi connectivity index (χ3v) is 2.11. The van der Waals surface area contributed by atoms with Crippen LogP contribution in [-0.2, 0) is 9.53 Å². The monoisotopic (exact) mass is 447 g/mol. The molecule has 0 bridgehead atoms. The summed E-state index contributed by atoms with van der Waals surface area (Å²) in [6.07, 6.45) is 0.159. The molecule has 1 radical (unpaired) electrons. The Balaban J connectivity index is 0. The van der Waals surface area contributed by atoms with Gasteiger partial charge in [0.25, 0.3) is 0 Å². The summed E-state index contributed by atoms with van der Waals surface area (Å²) in [5, 5.41) is 2.82. The van der Waals surface area contributed by atoms with Gasteiger partial charge in [-0.2, -0.15) is 6.92 Å². The Morgan fingerprint density at radius 2 is 2.14 bits per heavy atom. The van der Waals surface area contributed by atoms with Gasteiger partial charge in [0, 0.05) is 6.54 Å². The predicted molar refractivity (Wildman–Crippen MR) is 52.9 cm³/mol. The van der Waals surface area contributed by atoms with Crippen LogP contribution >= 0.6 is 0 Å². The van der Waals surface area contributed by atoms with Crippen molar-refractivity contribution in [1.29, 1.82) is 0 Å². The zero-order chi connectivity index (χ0) is 9.14. The fourth-order valence-corrected chi connectivity index (χ4v) is 1.13. The van der Waals surface area contributed by atoms with Crippen molar-refractivity contribution in [3.63, 3.8) is 0 Å². The number of ether oxygens (including phenoxy) is 1. The van der Waals surface area contributed by atoms with Crippen molar-refractivity contribution in [3.8, 4) is 0 Å². The van der Waals surface area contributed by atoms with Gasteiger partial charge in [-0.25, -0.2) is 0 Å². The molecule has 1 N–H and O–H groups in total. The normalized spacial score (nSPS) is 21.9. The second-order valence-corrected chi connectivity index (χ2v) is 3.58. The molecule has 14 heavy (non-hydrogen) atoms. The van der Waals surface area contributed by atoms with Gasteiger partial charge in [0.15, 0.2) is 0 Å². The summed E-state index contributed by atoms with van der Waals surface area (Å²) in [5.74, 6) is 1.24. The number of hydrogen-bond acceptors (Lipinski definition) is 2. The van der Waals surface area contributed by atoms with Gasteiger partial charge in [0.05, 0.1) is 12.0 Å². The largest absolute Gasteiger partial charge is 0.405 e. The van der Waals surface area contributed by atoms with Crippen molar-refractivity contribution in [2.75, 3.05) is 13.2 Å². The average molecular weight is 447 g/mol. The number of carbonyl (C=O) groups is 1. The molecule has 1 heterocycles. The first kappa shape index (κ1) is 14.8. The molecule has 0 aromatic carbocycles. The van der Waals surface area contributed by atoms with Gasteiger partial charge >= 0.3 is 0 Å². The summed E-state index contributed by atoms with van der Waals surface area (Å²) >= 11 is 0. The van der Waals surface area contributed by atoms with E-state index in [4.69, 9.17) is 4.74 Å². The topological polar surface area (TPSA) is 38.3 Å². The van der Waals surface area contributed by atoms with Crippen molar-refractivity contribution in [1.82, 2.24) is 5.32 Å². The van der Waals surface area contributed by atoms with Gasteiger partial charge in [-0.15, -0.1) is 0 Å². The minimum absolute atomic E-state index is 0. The molecule has 1 unspecified atom stereocenters. The predicted octanol–water partition coefficient (Wildman–Crippen LogP) is 1.20. The first-order valence-electron chi connectivity index (χ1n) is 4.33. The van der Waals surface area contributed by atoms with Gasteiger partial charge in [-0.3, -0.25) is 5.92 Å². The van der Waals surface area contributed by atoms with Crippen molar-refractivity contribution in [3.05, 3.63) is 13.3 Å². The van der Waals surface area contributed by atoms with Gasteiger partial charge in [0.2, 0.25) is 0 Å². The molecule has 0 aromatic heterocycles. The Morgan fingerprint density at radius 1 is 1.57 bits per heavy atom. The average Bonchev–Trinajstić information content (AvgIpc) is 2.16. The maximum Gasteiger partial charge on any atom is 0.0869 e. The number of amides is 1. The smallest absolute Gasteiger partial charge is 0.0869 e. The molecule has 1 aliphatic rings. The Labute approximate surface area is 80.8 Å². The summed E-state index contributed by atoms with van der Waals surface area (Å²) in [6.45, 7) is 7.09. The number of rotatable bonds is 1. The zero-order valence-electron chi connectivity index (χ0n) is 9.14. The van der Waals surface area contributed by atoms with E-state index in [-0.39, 0.29) is 19.4 Å². The number of nitrogens with one attached hydrogen (secondary N) is 1. The van der Waals surface area contributed by atoms with Crippen LogP contribution in [0.3, 0.4) is 0 Å². The summed E-state index contributed by atoms with van der Waals surface area (Å²) in [6, 6.07) is 0. The van der Waals surface area contributed by atoms with Gasteiger partial charge in [0.1, 0.15) is 0 Å². The molecular weight excluding hydrogens is 428 g/mol. The van der Waals surface area contributed by atoms with Crippen LogP contribution in [0.1, 0.15) is 20.8 Å². The van der Waals surface area contributed by atoms with E-state index >= 15 is 0 Å². The van der Waals surface area contributed by atoms with Gasteiger partial charge in [-0.05, 0) is 5.92 Å². The van der Waals surface area contributed by atoms with E-state index in [1.807, 2.05) is 0 Å². The molecule has 1 fully saturated rings. The Morgan fingerprint density at radius 3 is 2.64 bits per heavy atom. The molecule has 1 aliphatic heterocycles. The molecule has 0 saturated carbocycles. The standard InChI is InChI=1S/C9H16NO2.CH3.Lr/c1-6(2)8-4-10-9(11)7(3)5-12-8;;/h6,8H,4-5H2,1-3H3,(H,10,11);1H3;/q2*-1;. The second-order valence-electron chi connectivity index (χ2n) is 3.58. The molecule has 0 spiro atoms. The van der Waals surface area contributed by atoms with E-state index in [0.717, 1.165) is 5.92 Å². The maximum absolute atomic E-state index is 11.2. The third-order valence-electron chi connectivity index (χ3n) is 2.11. The minimum atomic E-state index is 0. The summed E-state index contributed by atoms with van der Waals surface area (Å²) < 4.78 is 5.53. The van der Waals surface area contributed by atoms with Crippen molar-refractivity contribution < 1.29 is 9.53 Å². The van der Waals surface area contributed by atoms with Crippen LogP contribution in [0.15, 0.2) is 0 Å². The molecule has 0 aliphatic carbocycles. The molecule has 0 aromatic rings. The molecule has 4 heteroatoms. The summed E-state index contributed by atoms with van der Waals surface area (Å²) in [4.78, 5) is 11.2. The van der Waals surface area contributed by atoms with Crippen molar-refractivity contribution in [2.45, 2.75) is 26.9 Å². The first-order valence-corrected chi connectivity index (χ1v) is 4.33. The van der Waals surface area contributed by atoms with E-state index in [0.29, 0.717) is 19.1 Å². The van der Waals surface area contributed by atoms with Crippen LogP contribution in [0.4, 0.5) is 0 Å². The van der Waals surface area contributed by atoms with E-state index in [1.54, 1.807) is 6.92 Å². The molecule has 1 rings (SSSR count). The van der Waals surface area contributed by atoms with Crippen LogP contribution in [0.2, 0.25) is 0 Å². The quantitative estimate of drug-likeness (QED) is 0.614. The van der Waals surface area contributed by atoms with Crippen LogP contribution in [0.25, 0.3) is 0 Å². The van der Waals surface area contributed by atoms with Crippen molar-refractivity contribution >= 4 is 5.91 Å². The fraction of sp³-hybridized carbons (Fsp3) is 0.700. The SMILES string of the molecule is C[C-]1COC(C(C)C)CNC1=O.[CH3-].[Lr].